The van der Waals surface area contributed by atoms with Gasteiger partial charge in [-0.05, 0) is 39.3 Å². The number of carbonyl (C=O) groups excluding carboxylic acids is 2. The summed E-state index contributed by atoms with van der Waals surface area (Å²) in [5, 5.41) is 5.36. The van der Waals surface area contributed by atoms with Gasteiger partial charge in [0.15, 0.2) is 5.76 Å². The number of furan rings is 1. The van der Waals surface area contributed by atoms with E-state index >= 15 is 0 Å². The first kappa shape index (κ1) is 17.1. The van der Waals surface area contributed by atoms with Crippen molar-refractivity contribution in [3.8, 4) is 0 Å². The fraction of sp³-hybridized carbons (Fsp3) is 0.600. The highest BCUT2D eigenvalue weighted by Gasteiger charge is 2.15. The molecule has 6 nitrogen and oxygen atoms in total. The van der Waals surface area contributed by atoms with Crippen LogP contribution in [0, 0.1) is 0 Å². The van der Waals surface area contributed by atoms with E-state index in [0.717, 1.165) is 12.2 Å². The first-order valence-electron chi connectivity index (χ1n) is 7.15. The fourth-order valence-corrected chi connectivity index (χ4v) is 1.57. The van der Waals surface area contributed by atoms with Crippen LogP contribution in [-0.4, -0.2) is 30.7 Å². The van der Waals surface area contributed by atoms with Gasteiger partial charge in [-0.2, -0.15) is 0 Å². The van der Waals surface area contributed by atoms with E-state index in [1.807, 2.05) is 6.92 Å². The third-order valence-corrected chi connectivity index (χ3v) is 2.54. The molecular formula is C15H24N2O4. The van der Waals surface area contributed by atoms with Crippen LogP contribution < -0.4 is 10.6 Å². The lowest BCUT2D eigenvalue weighted by Crippen LogP contribution is -2.34. The summed E-state index contributed by atoms with van der Waals surface area (Å²) in [6.07, 6.45) is 0.923. The first-order valence-corrected chi connectivity index (χ1v) is 7.15. The summed E-state index contributed by atoms with van der Waals surface area (Å²) < 4.78 is 10.4. The van der Waals surface area contributed by atoms with E-state index in [1.165, 1.54) is 0 Å². The summed E-state index contributed by atoms with van der Waals surface area (Å²) in [6, 6.07) is 3.45. The molecule has 0 unspecified atom stereocenters. The largest absolute Gasteiger partial charge is 0.456 e. The highest BCUT2D eigenvalue weighted by molar-refractivity contribution is 5.91. The number of ether oxygens (including phenoxy) is 1. The van der Waals surface area contributed by atoms with E-state index in [1.54, 1.807) is 32.9 Å². The highest BCUT2D eigenvalue weighted by atomic mass is 16.6. The van der Waals surface area contributed by atoms with Crippen LogP contribution in [-0.2, 0) is 11.2 Å². The second-order valence-corrected chi connectivity index (χ2v) is 5.66. The Kier molecular flexibility index (Phi) is 6.27. The SMILES string of the molecule is CCc1ccc(C(=O)NCCCNC(=O)OC(C)(C)C)o1. The maximum atomic E-state index is 11.7. The minimum atomic E-state index is -0.505. The molecule has 0 spiro atoms. The molecule has 1 aromatic rings. The minimum Gasteiger partial charge on any atom is -0.456 e. The van der Waals surface area contributed by atoms with E-state index < -0.39 is 11.7 Å². The molecule has 2 amide bonds. The van der Waals surface area contributed by atoms with Crippen LogP contribution in [0.5, 0.6) is 0 Å². The normalized spacial score (nSPS) is 11.0. The molecular weight excluding hydrogens is 272 g/mol. The van der Waals surface area contributed by atoms with Gasteiger partial charge in [0, 0.05) is 19.5 Å². The van der Waals surface area contributed by atoms with Gasteiger partial charge >= 0.3 is 6.09 Å². The van der Waals surface area contributed by atoms with Crippen molar-refractivity contribution < 1.29 is 18.7 Å². The van der Waals surface area contributed by atoms with E-state index in [2.05, 4.69) is 10.6 Å². The molecule has 118 valence electrons. The van der Waals surface area contributed by atoms with Gasteiger partial charge in [-0.25, -0.2) is 4.79 Å². The quantitative estimate of drug-likeness (QED) is 0.790. The van der Waals surface area contributed by atoms with Crippen LogP contribution in [0.3, 0.4) is 0 Å². The summed E-state index contributed by atoms with van der Waals surface area (Å²) >= 11 is 0. The van der Waals surface area contributed by atoms with Crippen molar-refractivity contribution in [2.24, 2.45) is 0 Å². The van der Waals surface area contributed by atoms with Crippen LogP contribution in [0.4, 0.5) is 4.79 Å². The molecule has 21 heavy (non-hydrogen) atoms. The summed E-state index contributed by atoms with van der Waals surface area (Å²) in [7, 11) is 0. The Balaban J connectivity index is 2.16. The topological polar surface area (TPSA) is 80.6 Å². The zero-order valence-electron chi connectivity index (χ0n) is 13.1. The second kappa shape index (κ2) is 7.71. The average Bonchev–Trinajstić information content (AvgIpc) is 2.84. The number of carbonyl (C=O) groups is 2. The Morgan fingerprint density at radius 1 is 1.19 bits per heavy atom. The van der Waals surface area contributed by atoms with Crippen molar-refractivity contribution in [1.29, 1.82) is 0 Å². The Hall–Kier alpha value is -1.98. The molecule has 0 saturated heterocycles. The second-order valence-electron chi connectivity index (χ2n) is 5.66. The molecule has 0 aliphatic heterocycles. The number of amides is 2. The molecule has 0 atom stereocenters. The number of hydrogen-bond donors (Lipinski definition) is 2. The monoisotopic (exact) mass is 296 g/mol. The standard InChI is InChI=1S/C15H24N2O4/c1-5-11-7-8-12(20-11)13(18)16-9-6-10-17-14(19)21-15(2,3)4/h7-8H,5-6,9-10H2,1-4H3,(H,16,18)(H,17,19). The summed E-state index contributed by atoms with van der Waals surface area (Å²) in [5.41, 5.74) is -0.505. The van der Waals surface area contributed by atoms with Crippen molar-refractivity contribution in [3.63, 3.8) is 0 Å². The van der Waals surface area contributed by atoms with E-state index in [4.69, 9.17) is 9.15 Å². The van der Waals surface area contributed by atoms with Gasteiger partial charge in [0.05, 0.1) is 0 Å². The molecule has 0 aromatic carbocycles. The van der Waals surface area contributed by atoms with Crippen molar-refractivity contribution in [2.75, 3.05) is 13.1 Å². The third-order valence-electron chi connectivity index (χ3n) is 2.54. The summed E-state index contributed by atoms with van der Waals surface area (Å²) in [4.78, 5) is 23.1. The summed E-state index contributed by atoms with van der Waals surface area (Å²) in [6.45, 7) is 8.27. The van der Waals surface area contributed by atoms with E-state index in [9.17, 15) is 9.59 Å². The predicted octanol–water partition coefficient (Wildman–Crippen LogP) is 2.49. The lowest BCUT2D eigenvalue weighted by molar-refractivity contribution is 0.0527. The van der Waals surface area contributed by atoms with Crippen LogP contribution >= 0.6 is 0 Å². The Labute approximate surface area is 125 Å². The average molecular weight is 296 g/mol. The van der Waals surface area contributed by atoms with Gasteiger partial charge in [-0.15, -0.1) is 0 Å². The summed E-state index contributed by atoms with van der Waals surface area (Å²) in [5.74, 6) is 0.852. The zero-order chi connectivity index (χ0) is 15.9. The van der Waals surface area contributed by atoms with Crippen molar-refractivity contribution in [2.45, 2.75) is 46.1 Å². The van der Waals surface area contributed by atoms with Gasteiger partial charge in [0.1, 0.15) is 11.4 Å². The lowest BCUT2D eigenvalue weighted by atomic mass is 10.2. The van der Waals surface area contributed by atoms with Crippen LogP contribution in [0.1, 0.15) is 50.4 Å². The van der Waals surface area contributed by atoms with Crippen molar-refractivity contribution in [3.05, 3.63) is 23.7 Å². The number of rotatable bonds is 6. The van der Waals surface area contributed by atoms with Gasteiger partial charge in [-0.3, -0.25) is 4.79 Å². The number of nitrogens with one attached hydrogen (secondary N) is 2. The van der Waals surface area contributed by atoms with Crippen LogP contribution in [0.2, 0.25) is 0 Å². The predicted molar refractivity (Wildman–Crippen MR) is 79.3 cm³/mol. The third kappa shape index (κ3) is 6.83. The van der Waals surface area contributed by atoms with Crippen LogP contribution in [0.15, 0.2) is 16.5 Å². The Morgan fingerprint density at radius 3 is 2.43 bits per heavy atom. The maximum absolute atomic E-state index is 11.7. The lowest BCUT2D eigenvalue weighted by Gasteiger charge is -2.19. The Bertz CT molecular complexity index is 474. The molecule has 2 N–H and O–H groups in total. The molecule has 0 radical (unpaired) electrons. The Morgan fingerprint density at radius 2 is 1.86 bits per heavy atom. The smallest absolute Gasteiger partial charge is 0.407 e. The molecule has 1 aromatic heterocycles. The van der Waals surface area contributed by atoms with E-state index in [0.29, 0.717) is 25.3 Å². The van der Waals surface area contributed by atoms with Gasteiger partial charge in [0.2, 0.25) is 0 Å². The molecule has 0 aliphatic carbocycles. The molecule has 0 saturated carbocycles. The molecule has 1 rings (SSSR count). The molecule has 0 fully saturated rings. The number of aryl methyl sites for hydroxylation is 1. The number of alkyl carbamates (subject to hydrolysis) is 1. The minimum absolute atomic E-state index is 0.244. The van der Waals surface area contributed by atoms with Gasteiger partial charge < -0.3 is 19.8 Å². The molecule has 0 bridgehead atoms. The number of hydrogen-bond acceptors (Lipinski definition) is 4. The molecule has 6 heteroatoms. The molecule has 1 heterocycles. The zero-order valence-corrected chi connectivity index (χ0v) is 13.1. The van der Waals surface area contributed by atoms with E-state index in [-0.39, 0.29) is 5.91 Å². The van der Waals surface area contributed by atoms with Crippen molar-refractivity contribution in [1.82, 2.24) is 10.6 Å². The van der Waals surface area contributed by atoms with Gasteiger partial charge in [-0.1, -0.05) is 6.92 Å². The maximum Gasteiger partial charge on any atom is 0.407 e. The first-order chi connectivity index (χ1) is 9.81. The van der Waals surface area contributed by atoms with Crippen LogP contribution in [0.25, 0.3) is 0 Å². The highest BCUT2D eigenvalue weighted by Crippen LogP contribution is 2.08. The molecule has 0 aliphatic rings. The fourth-order valence-electron chi connectivity index (χ4n) is 1.57. The van der Waals surface area contributed by atoms with Crippen molar-refractivity contribution >= 4 is 12.0 Å². The van der Waals surface area contributed by atoms with Gasteiger partial charge in [0.25, 0.3) is 5.91 Å².